The first-order valence-electron chi connectivity index (χ1n) is 11.8. The zero-order chi connectivity index (χ0) is 26.6. The van der Waals surface area contributed by atoms with Crippen molar-refractivity contribution in [1.29, 1.82) is 0 Å². The number of rotatable bonds is 8. The maximum Gasteiger partial charge on any atom is 0.271 e. The van der Waals surface area contributed by atoms with Crippen LogP contribution in [-0.4, -0.2) is 31.4 Å². The molecule has 0 unspecified atom stereocenters. The van der Waals surface area contributed by atoms with Gasteiger partial charge in [0, 0.05) is 28.2 Å². The first-order chi connectivity index (χ1) is 17.6. The minimum absolute atomic E-state index is 0.205. The van der Waals surface area contributed by atoms with Gasteiger partial charge in [0.1, 0.15) is 0 Å². The van der Waals surface area contributed by atoms with Crippen LogP contribution in [0.2, 0.25) is 0 Å². The molecule has 0 saturated carbocycles. The Morgan fingerprint density at radius 1 is 0.946 bits per heavy atom. The lowest BCUT2D eigenvalue weighted by Crippen LogP contribution is -2.29. The van der Waals surface area contributed by atoms with Gasteiger partial charge in [-0.3, -0.25) is 9.10 Å². The summed E-state index contributed by atoms with van der Waals surface area (Å²) < 4.78 is 28.3. The summed E-state index contributed by atoms with van der Waals surface area (Å²) in [5, 5.41) is 4.15. The van der Waals surface area contributed by atoms with E-state index in [2.05, 4.69) is 40.2 Å². The molecule has 1 heterocycles. The summed E-state index contributed by atoms with van der Waals surface area (Å²) in [6.45, 7) is 6.31. The number of nitrogens with one attached hydrogen (secondary N) is 1. The molecule has 0 aliphatic heterocycles. The lowest BCUT2D eigenvalue weighted by molar-refractivity contribution is 0.0955. The van der Waals surface area contributed by atoms with Crippen LogP contribution in [0.25, 0.3) is 5.69 Å². The highest BCUT2D eigenvalue weighted by Gasteiger charge is 2.18. The number of aromatic nitrogens is 1. The van der Waals surface area contributed by atoms with Crippen molar-refractivity contribution in [2.24, 2.45) is 5.10 Å². The predicted octanol–water partition coefficient (Wildman–Crippen LogP) is 5.13. The number of sulfonamides is 1. The van der Waals surface area contributed by atoms with E-state index in [1.807, 2.05) is 56.3 Å². The Bertz CT molecular complexity index is 1540. The monoisotopic (exact) mass is 514 g/mol. The van der Waals surface area contributed by atoms with E-state index in [-0.39, 0.29) is 12.5 Å². The SMILES string of the molecule is Cc1cccc(-n2c(C)cc(/C=N\NC(=O)c3ccc(N(Cc4ccccc4)S(C)(=O)=O)cc3)c2C)c1. The molecule has 0 aliphatic rings. The maximum atomic E-state index is 12.7. The van der Waals surface area contributed by atoms with Crippen LogP contribution in [0.15, 0.2) is 90.0 Å². The van der Waals surface area contributed by atoms with Crippen molar-refractivity contribution in [3.05, 3.63) is 119 Å². The van der Waals surface area contributed by atoms with Crippen LogP contribution in [0.1, 0.15) is 38.4 Å². The third kappa shape index (κ3) is 6.16. The minimum Gasteiger partial charge on any atom is -0.318 e. The highest BCUT2D eigenvalue weighted by atomic mass is 32.2. The molecule has 1 aromatic heterocycles. The van der Waals surface area contributed by atoms with Gasteiger partial charge in [0.25, 0.3) is 5.91 Å². The molecule has 0 saturated heterocycles. The Balaban J connectivity index is 1.46. The molecular formula is C29H30N4O3S. The molecule has 190 valence electrons. The van der Waals surface area contributed by atoms with Gasteiger partial charge in [-0.15, -0.1) is 0 Å². The van der Waals surface area contributed by atoms with Crippen LogP contribution >= 0.6 is 0 Å². The fourth-order valence-corrected chi connectivity index (χ4v) is 5.12. The quantitative estimate of drug-likeness (QED) is 0.261. The van der Waals surface area contributed by atoms with Crippen molar-refractivity contribution in [3.63, 3.8) is 0 Å². The highest BCUT2D eigenvalue weighted by Crippen LogP contribution is 2.22. The average Bonchev–Trinajstić information content (AvgIpc) is 3.15. The van der Waals surface area contributed by atoms with Crippen molar-refractivity contribution in [2.45, 2.75) is 27.3 Å². The van der Waals surface area contributed by atoms with Crippen LogP contribution in [0.4, 0.5) is 5.69 Å². The molecule has 3 aromatic carbocycles. The summed E-state index contributed by atoms with van der Waals surface area (Å²) in [5.41, 5.74) is 9.53. The normalized spacial score (nSPS) is 11.6. The number of anilines is 1. The van der Waals surface area contributed by atoms with Crippen molar-refractivity contribution < 1.29 is 13.2 Å². The first-order valence-corrected chi connectivity index (χ1v) is 13.7. The Morgan fingerprint density at radius 2 is 1.65 bits per heavy atom. The molecule has 0 radical (unpaired) electrons. The highest BCUT2D eigenvalue weighted by molar-refractivity contribution is 7.92. The topological polar surface area (TPSA) is 83.8 Å². The third-order valence-corrected chi connectivity index (χ3v) is 7.23. The zero-order valence-corrected chi connectivity index (χ0v) is 22.2. The fourth-order valence-electron chi connectivity index (χ4n) is 4.24. The van der Waals surface area contributed by atoms with E-state index in [9.17, 15) is 13.2 Å². The van der Waals surface area contributed by atoms with Crippen molar-refractivity contribution >= 4 is 27.8 Å². The van der Waals surface area contributed by atoms with Gasteiger partial charge in [0.15, 0.2) is 0 Å². The molecule has 4 rings (SSSR count). The number of carbonyl (C=O) groups excluding carboxylic acids is 1. The zero-order valence-electron chi connectivity index (χ0n) is 21.3. The van der Waals surface area contributed by atoms with Gasteiger partial charge in [-0.05, 0) is 74.4 Å². The van der Waals surface area contributed by atoms with E-state index in [0.717, 1.165) is 28.2 Å². The number of aryl methyl sites for hydroxylation is 2. The predicted molar refractivity (Wildman–Crippen MR) is 149 cm³/mol. The Hall–Kier alpha value is -4.17. The molecule has 0 aliphatic carbocycles. The molecule has 0 atom stereocenters. The number of nitrogens with zero attached hydrogens (tertiary/aromatic N) is 3. The summed E-state index contributed by atoms with van der Waals surface area (Å²) in [6, 6.07) is 26.1. The van der Waals surface area contributed by atoms with Crippen LogP contribution in [-0.2, 0) is 16.6 Å². The largest absolute Gasteiger partial charge is 0.318 e. The summed E-state index contributed by atoms with van der Waals surface area (Å²) in [4.78, 5) is 12.7. The van der Waals surface area contributed by atoms with E-state index < -0.39 is 10.0 Å². The van der Waals surface area contributed by atoms with Crippen molar-refractivity contribution in [1.82, 2.24) is 9.99 Å². The Kier molecular flexibility index (Phi) is 7.59. The average molecular weight is 515 g/mol. The van der Waals surface area contributed by atoms with Gasteiger partial charge in [0.2, 0.25) is 10.0 Å². The lowest BCUT2D eigenvalue weighted by Gasteiger charge is -2.22. The molecule has 37 heavy (non-hydrogen) atoms. The lowest BCUT2D eigenvalue weighted by atomic mass is 10.2. The van der Waals surface area contributed by atoms with E-state index in [1.54, 1.807) is 30.5 Å². The van der Waals surface area contributed by atoms with Crippen LogP contribution in [0.5, 0.6) is 0 Å². The van der Waals surface area contributed by atoms with E-state index in [1.165, 1.54) is 16.1 Å². The number of carbonyl (C=O) groups is 1. The summed E-state index contributed by atoms with van der Waals surface area (Å²) in [6.07, 6.45) is 2.80. The van der Waals surface area contributed by atoms with Crippen LogP contribution < -0.4 is 9.73 Å². The van der Waals surface area contributed by atoms with Crippen molar-refractivity contribution in [2.75, 3.05) is 10.6 Å². The minimum atomic E-state index is -3.52. The van der Waals surface area contributed by atoms with E-state index >= 15 is 0 Å². The number of hydrogen-bond donors (Lipinski definition) is 1. The molecule has 1 amide bonds. The fraction of sp³-hybridized carbons (Fsp3) is 0.172. The molecule has 4 aromatic rings. The molecule has 7 nitrogen and oxygen atoms in total. The van der Waals surface area contributed by atoms with Gasteiger partial charge >= 0.3 is 0 Å². The summed E-state index contributed by atoms with van der Waals surface area (Å²) >= 11 is 0. The number of amides is 1. The second kappa shape index (κ2) is 10.8. The Morgan fingerprint density at radius 3 is 2.30 bits per heavy atom. The van der Waals surface area contributed by atoms with Gasteiger partial charge in [-0.25, -0.2) is 13.8 Å². The molecule has 1 N–H and O–H groups in total. The first kappa shape index (κ1) is 25.9. The van der Waals surface area contributed by atoms with E-state index in [4.69, 9.17) is 0 Å². The van der Waals surface area contributed by atoms with Gasteiger partial charge < -0.3 is 4.57 Å². The second-order valence-electron chi connectivity index (χ2n) is 9.00. The number of hydrazone groups is 1. The number of hydrogen-bond acceptors (Lipinski definition) is 4. The third-order valence-electron chi connectivity index (χ3n) is 6.09. The van der Waals surface area contributed by atoms with Gasteiger partial charge in [0.05, 0.1) is 24.7 Å². The number of benzene rings is 3. The van der Waals surface area contributed by atoms with E-state index in [0.29, 0.717) is 11.3 Å². The molecule has 0 spiro atoms. The molecule has 8 heteroatoms. The van der Waals surface area contributed by atoms with Gasteiger partial charge in [-0.2, -0.15) is 5.10 Å². The van der Waals surface area contributed by atoms with Crippen LogP contribution in [0.3, 0.4) is 0 Å². The maximum absolute atomic E-state index is 12.7. The van der Waals surface area contributed by atoms with Crippen LogP contribution in [0, 0.1) is 20.8 Å². The molecular weight excluding hydrogens is 484 g/mol. The van der Waals surface area contributed by atoms with Gasteiger partial charge in [-0.1, -0.05) is 42.5 Å². The van der Waals surface area contributed by atoms with Crippen molar-refractivity contribution in [3.8, 4) is 5.69 Å². The summed E-state index contributed by atoms with van der Waals surface area (Å²) in [5.74, 6) is -0.385. The smallest absolute Gasteiger partial charge is 0.271 e. The second-order valence-corrected chi connectivity index (χ2v) is 10.9. The standard InChI is InChI=1S/C29H30N4O3S/c1-21-9-8-12-28(17-21)33-22(2)18-26(23(33)3)19-30-31-29(34)25-13-15-27(16-14-25)32(37(4,35)36)20-24-10-6-5-7-11-24/h5-19H,20H2,1-4H3,(H,31,34)/b30-19-. The Labute approximate surface area is 218 Å². The summed E-state index contributed by atoms with van der Waals surface area (Å²) in [7, 11) is -3.52. The molecule has 0 bridgehead atoms. The molecule has 0 fully saturated rings.